The summed E-state index contributed by atoms with van der Waals surface area (Å²) in [5.41, 5.74) is 10.0. The highest BCUT2D eigenvalue weighted by atomic mass is 35.5. The van der Waals surface area contributed by atoms with E-state index in [1.807, 2.05) is 26.0 Å². The van der Waals surface area contributed by atoms with E-state index in [1.165, 1.54) is 23.5 Å². The van der Waals surface area contributed by atoms with Crippen LogP contribution in [0.15, 0.2) is 36.4 Å². The average molecular weight is 457 g/mol. The standard InChI is InChI=1S/C25H26ClFN2OS/c1-5-6-17(18-7-10-19(27)11-8-18)9-12-22(28)25-29-24(16(3)31-25)20-13-15(2)23(30-4)14-21(20)26/h7-8,10-11,13-14,17,22H,5-6,28H2,1-4H3/t17-,22?/m1/s1. The molecule has 0 aliphatic rings. The Morgan fingerprint density at radius 1 is 1.19 bits per heavy atom. The van der Waals surface area contributed by atoms with Crippen molar-refractivity contribution in [2.75, 3.05) is 7.11 Å². The van der Waals surface area contributed by atoms with Gasteiger partial charge in [0.25, 0.3) is 0 Å². The molecule has 0 radical (unpaired) electrons. The van der Waals surface area contributed by atoms with E-state index in [0.29, 0.717) is 5.02 Å². The van der Waals surface area contributed by atoms with Crippen LogP contribution in [-0.4, -0.2) is 12.1 Å². The van der Waals surface area contributed by atoms with Crippen molar-refractivity contribution in [3.63, 3.8) is 0 Å². The van der Waals surface area contributed by atoms with Gasteiger partial charge < -0.3 is 10.5 Å². The molecule has 0 spiro atoms. The maximum absolute atomic E-state index is 13.3. The number of nitrogens with zero attached hydrogens (tertiary/aromatic N) is 1. The summed E-state index contributed by atoms with van der Waals surface area (Å²) in [6, 6.07) is 9.80. The molecule has 162 valence electrons. The summed E-state index contributed by atoms with van der Waals surface area (Å²) >= 11 is 8.02. The molecule has 3 aromatic rings. The number of methoxy groups -OCH3 is 1. The van der Waals surface area contributed by atoms with E-state index < -0.39 is 6.04 Å². The monoisotopic (exact) mass is 456 g/mol. The van der Waals surface area contributed by atoms with Crippen molar-refractivity contribution in [2.24, 2.45) is 5.73 Å². The lowest BCUT2D eigenvalue weighted by atomic mass is 9.95. The highest BCUT2D eigenvalue weighted by Gasteiger charge is 2.18. The number of aryl methyl sites for hydroxylation is 2. The second-order valence-electron chi connectivity index (χ2n) is 7.42. The number of hydrogen-bond donors (Lipinski definition) is 1. The lowest BCUT2D eigenvalue weighted by molar-refractivity contribution is 0.412. The van der Waals surface area contributed by atoms with Gasteiger partial charge in [-0.15, -0.1) is 11.3 Å². The van der Waals surface area contributed by atoms with E-state index in [2.05, 4.69) is 18.8 Å². The molecule has 0 amide bonds. The lowest BCUT2D eigenvalue weighted by Gasteiger charge is -2.10. The van der Waals surface area contributed by atoms with Crippen molar-refractivity contribution in [2.45, 2.75) is 45.6 Å². The molecular formula is C25H26ClFN2OS. The van der Waals surface area contributed by atoms with Crippen molar-refractivity contribution < 1.29 is 9.13 Å². The summed E-state index contributed by atoms with van der Waals surface area (Å²) in [7, 11) is 1.62. The van der Waals surface area contributed by atoms with Crippen LogP contribution in [0.5, 0.6) is 5.75 Å². The molecule has 2 aromatic carbocycles. The highest BCUT2D eigenvalue weighted by Crippen LogP contribution is 2.37. The fourth-order valence-electron chi connectivity index (χ4n) is 3.42. The van der Waals surface area contributed by atoms with Crippen LogP contribution in [-0.2, 0) is 0 Å². The first-order valence-electron chi connectivity index (χ1n) is 10.2. The molecule has 0 aliphatic heterocycles. The maximum atomic E-state index is 13.3. The Morgan fingerprint density at radius 2 is 1.90 bits per heavy atom. The van der Waals surface area contributed by atoms with Crippen molar-refractivity contribution in [1.82, 2.24) is 4.98 Å². The fourth-order valence-corrected chi connectivity index (χ4v) is 4.55. The first kappa shape index (κ1) is 23.3. The third-order valence-corrected chi connectivity index (χ3v) is 6.45. The molecule has 1 heterocycles. The van der Waals surface area contributed by atoms with E-state index in [-0.39, 0.29) is 11.7 Å². The second-order valence-corrected chi connectivity index (χ2v) is 9.06. The summed E-state index contributed by atoms with van der Waals surface area (Å²) < 4.78 is 18.6. The zero-order valence-electron chi connectivity index (χ0n) is 18.1. The third kappa shape index (κ3) is 5.46. The van der Waals surface area contributed by atoms with Crippen molar-refractivity contribution in [1.29, 1.82) is 0 Å². The van der Waals surface area contributed by atoms with Crippen molar-refractivity contribution in [3.05, 3.63) is 68.2 Å². The summed E-state index contributed by atoms with van der Waals surface area (Å²) in [4.78, 5) is 5.79. The van der Waals surface area contributed by atoms with Gasteiger partial charge in [-0.25, -0.2) is 9.37 Å². The summed E-state index contributed by atoms with van der Waals surface area (Å²) in [6.07, 6.45) is 1.86. The van der Waals surface area contributed by atoms with Gasteiger partial charge in [-0.1, -0.05) is 48.9 Å². The predicted molar refractivity (Wildman–Crippen MR) is 127 cm³/mol. The Balaban J connectivity index is 1.88. The van der Waals surface area contributed by atoms with E-state index in [1.54, 1.807) is 19.2 Å². The van der Waals surface area contributed by atoms with E-state index in [9.17, 15) is 4.39 Å². The number of halogens is 2. The van der Waals surface area contributed by atoms with Crippen LogP contribution in [0.1, 0.15) is 52.7 Å². The maximum Gasteiger partial charge on any atom is 0.123 e. The van der Waals surface area contributed by atoms with Crippen LogP contribution in [0.2, 0.25) is 5.02 Å². The molecular weight excluding hydrogens is 431 g/mol. The highest BCUT2D eigenvalue weighted by molar-refractivity contribution is 7.12. The van der Waals surface area contributed by atoms with Gasteiger partial charge in [-0.05, 0) is 55.7 Å². The number of thiazole rings is 1. The average Bonchev–Trinajstić information content (AvgIpc) is 3.14. The molecule has 0 saturated carbocycles. The smallest absolute Gasteiger partial charge is 0.123 e. The Hall–Kier alpha value is -2.39. The first-order valence-corrected chi connectivity index (χ1v) is 11.4. The Morgan fingerprint density at radius 3 is 2.55 bits per heavy atom. The summed E-state index contributed by atoms with van der Waals surface area (Å²) in [5.74, 6) is 6.95. The van der Waals surface area contributed by atoms with Crippen molar-refractivity contribution >= 4 is 22.9 Å². The molecule has 0 aliphatic carbocycles. The number of rotatable bonds is 6. The molecule has 3 rings (SSSR count). The predicted octanol–water partition coefficient (Wildman–Crippen LogP) is 6.82. The Labute approximate surface area is 192 Å². The molecule has 0 bridgehead atoms. The minimum atomic E-state index is -0.504. The molecule has 31 heavy (non-hydrogen) atoms. The van der Waals surface area contributed by atoms with E-state index >= 15 is 0 Å². The molecule has 3 nitrogen and oxygen atoms in total. The van der Waals surface area contributed by atoms with Crippen LogP contribution in [0.25, 0.3) is 11.3 Å². The van der Waals surface area contributed by atoms with Gasteiger partial charge in [-0.3, -0.25) is 0 Å². The summed E-state index contributed by atoms with van der Waals surface area (Å²) in [6.45, 7) is 6.09. The van der Waals surface area contributed by atoms with E-state index in [0.717, 1.165) is 50.9 Å². The Kier molecular flexibility index (Phi) is 7.72. The van der Waals surface area contributed by atoms with Crippen LogP contribution in [0.3, 0.4) is 0 Å². The van der Waals surface area contributed by atoms with Gasteiger partial charge in [0.15, 0.2) is 0 Å². The number of hydrogen-bond acceptors (Lipinski definition) is 4. The van der Waals surface area contributed by atoms with Crippen molar-refractivity contribution in [3.8, 4) is 28.8 Å². The normalized spacial score (nSPS) is 12.7. The largest absolute Gasteiger partial charge is 0.496 e. The van der Waals surface area contributed by atoms with Crippen LogP contribution < -0.4 is 10.5 Å². The van der Waals surface area contributed by atoms with Gasteiger partial charge in [0.2, 0.25) is 0 Å². The number of aromatic nitrogens is 1. The van der Waals surface area contributed by atoms with Gasteiger partial charge >= 0.3 is 0 Å². The van der Waals surface area contributed by atoms with Gasteiger partial charge in [0.05, 0.1) is 17.8 Å². The minimum Gasteiger partial charge on any atom is -0.496 e. The number of nitrogens with two attached hydrogens (primary N) is 1. The molecule has 1 unspecified atom stereocenters. The molecule has 6 heteroatoms. The lowest BCUT2D eigenvalue weighted by Crippen LogP contribution is -2.08. The first-order chi connectivity index (χ1) is 14.8. The summed E-state index contributed by atoms with van der Waals surface area (Å²) in [5, 5.41) is 1.33. The molecule has 2 atom stereocenters. The molecule has 2 N–H and O–H groups in total. The zero-order valence-corrected chi connectivity index (χ0v) is 19.7. The molecule has 1 aromatic heterocycles. The van der Waals surface area contributed by atoms with Gasteiger partial charge in [0, 0.05) is 16.4 Å². The fraction of sp³-hybridized carbons (Fsp3) is 0.320. The van der Waals surface area contributed by atoms with Gasteiger partial charge in [-0.2, -0.15) is 0 Å². The van der Waals surface area contributed by atoms with E-state index in [4.69, 9.17) is 27.1 Å². The topological polar surface area (TPSA) is 48.1 Å². The van der Waals surface area contributed by atoms with Crippen LogP contribution in [0.4, 0.5) is 4.39 Å². The number of ether oxygens (including phenoxy) is 1. The Bertz CT molecular complexity index is 1120. The third-order valence-electron chi connectivity index (χ3n) is 5.08. The SMILES string of the molecule is CCC[C@H](C#CC(N)c1nc(-c2cc(C)c(OC)cc2Cl)c(C)s1)c1ccc(F)cc1. The minimum absolute atomic E-state index is 0.0101. The van der Waals surface area contributed by atoms with Crippen LogP contribution in [0, 0.1) is 31.5 Å². The van der Waals surface area contributed by atoms with Crippen LogP contribution >= 0.6 is 22.9 Å². The molecule has 0 fully saturated rings. The quantitative estimate of drug-likeness (QED) is 0.414. The molecule has 0 saturated heterocycles. The van der Waals surface area contributed by atoms with Gasteiger partial charge in [0.1, 0.15) is 22.6 Å². The number of benzene rings is 2. The second kappa shape index (κ2) is 10.3. The zero-order chi connectivity index (χ0) is 22.5.